The van der Waals surface area contributed by atoms with E-state index in [-0.39, 0.29) is 30.8 Å². The summed E-state index contributed by atoms with van der Waals surface area (Å²) in [6.45, 7) is 7.57. The Bertz CT molecular complexity index is 1670. The van der Waals surface area contributed by atoms with Crippen LogP contribution in [0.3, 0.4) is 0 Å². The van der Waals surface area contributed by atoms with Crippen molar-refractivity contribution >= 4 is 39.1 Å². The highest BCUT2D eigenvalue weighted by Crippen LogP contribution is 2.30. The number of likely N-dealkylation sites (tertiary alicyclic amines) is 1. The predicted octanol–water partition coefficient (Wildman–Crippen LogP) is 3.83. The monoisotopic (exact) mass is 547 g/mol. The fraction of sp³-hybridized carbons (Fsp3) is 0.333. The highest BCUT2D eigenvalue weighted by Gasteiger charge is 2.44. The molecule has 1 aliphatic heterocycles. The number of allylic oxidation sites excluding steroid dienone is 4. The Balaban J connectivity index is 1.50. The van der Waals surface area contributed by atoms with Gasteiger partial charge in [0, 0.05) is 37.6 Å². The number of thiazole rings is 1. The molecule has 4 aromatic rings. The minimum absolute atomic E-state index is 0.203. The number of nitrogens with zero attached hydrogens (tertiary/aromatic N) is 6. The first-order chi connectivity index (χ1) is 17.6. The molecule has 0 unspecified atom stereocenters. The van der Waals surface area contributed by atoms with E-state index < -0.39 is 17.2 Å². The van der Waals surface area contributed by atoms with Gasteiger partial charge in [0.1, 0.15) is 10.2 Å². The number of hydrogen-bond donors (Lipinski definition) is 1. The van der Waals surface area contributed by atoms with E-state index >= 15 is 0 Å². The summed E-state index contributed by atoms with van der Waals surface area (Å²) in [5.74, 6) is -2.14. The van der Waals surface area contributed by atoms with Crippen molar-refractivity contribution < 1.29 is 8.78 Å². The van der Waals surface area contributed by atoms with E-state index in [4.69, 9.17) is 11.6 Å². The van der Waals surface area contributed by atoms with Crippen molar-refractivity contribution in [1.29, 1.82) is 0 Å². The largest absolute Gasteiger partial charge is 0.360 e. The molecule has 0 atom stereocenters. The summed E-state index contributed by atoms with van der Waals surface area (Å²) in [4.78, 5) is 39.2. The van der Waals surface area contributed by atoms with Crippen LogP contribution in [-0.4, -0.2) is 52.4 Å². The second-order valence-electron chi connectivity index (χ2n) is 8.84. The lowest BCUT2D eigenvalue weighted by Gasteiger charge is -2.41. The number of aromatic amines is 1. The van der Waals surface area contributed by atoms with Gasteiger partial charge in [-0.3, -0.25) is 18.7 Å². The van der Waals surface area contributed by atoms with Crippen LogP contribution in [0.2, 0.25) is 4.34 Å². The zero-order valence-corrected chi connectivity index (χ0v) is 21.7. The Kier molecular flexibility index (Phi) is 6.40. The fourth-order valence-electron chi connectivity index (χ4n) is 4.42. The molecule has 4 aromatic heterocycles. The number of imidazole rings is 2. The van der Waals surface area contributed by atoms with E-state index in [9.17, 15) is 18.4 Å². The van der Waals surface area contributed by atoms with E-state index in [1.165, 1.54) is 15.9 Å². The van der Waals surface area contributed by atoms with Gasteiger partial charge in [-0.1, -0.05) is 41.7 Å². The highest BCUT2D eigenvalue weighted by molar-refractivity contribution is 7.20. The maximum atomic E-state index is 13.3. The molecule has 1 fully saturated rings. The smallest absolute Gasteiger partial charge is 0.330 e. The van der Waals surface area contributed by atoms with Gasteiger partial charge in [0.15, 0.2) is 16.1 Å². The molecular formula is C24H24ClF2N7O2S. The van der Waals surface area contributed by atoms with E-state index in [0.29, 0.717) is 34.4 Å². The van der Waals surface area contributed by atoms with Crippen molar-refractivity contribution in [3.8, 4) is 0 Å². The SMILES string of the molecule is C=C(/C=C\C(=C/C)N1CC(F)(F)C1)Cn1c(Cc2cn3cc(Cl)sc3n2)nc2c1c(=O)[nH]c(=O)n2CC. The molecule has 1 saturated heterocycles. The number of alkyl halides is 2. The molecule has 1 aliphatic rings. The second kappa shape index (κ2) is 9.42. The Labute approximate surface area is 218 Å². The average molecular weight is 548 g/mol. The third kappa shape index (κ3) is 4.78. The molecule has 5 rings (SSSR count). The van der Waals surface area contributed by atoms with Crippen LogP contribution >= 0.6 is 22.9 Å². The zero-order valence-electron chi connectivity index (χ0n) is 20.2. The molecule has 0 radical (unpaired) electrons. The van der Waals surface area contributed by atoms with Gasteiger partial charge in [0.25, 0.3) is 11.5 Å². The van der Waals surface area contributed by atoms with Crippen LogP contribution in [0.5, 0.6) is 0 Å². The van der Waals surface area contributed by atoms with E-state index in [2.05, 4.69) is 21.5 Å². The summed E-state index contributed by atoms with van der Waals surface area (Å²) < 4.78 is 32.2. The quantitative estimate of drug-likeness (QED) is 0.338. The van der Waals surface area contributed by atoms with Gasteiger partial charge in [-0.05, 0) is 25.5 Å². The van der Waals surface area contributed by atoms with Crippen molar-refractivity contribution in [3.63, 3.8) is 0 Å². The normalized spacial score (nSPS) is 15.8. The summed E-state index contributed by atoms with van der Waals surface area (Å²) in [5.41, 5.74) is 1.46. The Hall–Kier alpha value is -3.51. The summed E-state index contributed by atoms with van der Waals surface area (Å²) >= 11 is 7.40. The summed E-state index contributed by atoms with van der Waals surface area (Å²) in [6, 6.07) is 0. The first-order valence-corrected chi connectivity index (χ1v) is 12.8. The maximum absolute atomic E-state index is 13.3. The molecule has 9 nitrogen and oxygen atoms in total. The minimum Gasteiger partial charge on any atom is -0.360 e. The Morgan fingerprint density at radius 3 is 2.65 bits per heavy atom. The molecule has 0 bridgehead atoms. The molecule has 194 valence electrons. The molecule has 0 aromatic carbocycles. The van der Waals surface area contributed by atoms with Crippen molar-refractivity contribution in [2.24, 2.45) is 0 Å². The number of H-pyrrole nitrogens is 1. The van der Waals surface area contributed by atoms with Gasteiger partial charge in [-0.25, -0.2) is 23.5 Å². The molecular weight excluding hydrogens is 524 g/mol. The molecule has 0 saturated carbocycles. The highest BCUT2D eigenvalue weighted by atomic mass is 35.5. The number of nitrogens with one attached hydrogen (secondary N) is 1. The first-order valence-electron chi connectivity index (χ1n) is 11.6. The van der Waals surface area contributed by atoms with Gasteiger partial charge in [0.05, 0.1) is 18.8 Å². The number of aryl methyl sites for hydroxylation is 1. The van der Waals surface area contributed by atoms with Crippen LogP contribution in [0.4, 0.5) is 8.78 Å². The zero-order chi connectivity index (χ0) is 26.5. The topological polar surface area (TPSA) is 93.2 Å². The number of rotatable bonds is 8. The molecule has 13 heteroatoms. The molecule has 5 heterocycles. The number of aromatic nitrogens is 6. The van der Waals surface area contributed by atoms with Crippen molar-refractivity contribution in [3.05, 3.63) is 85.2 Å². The van der Waals surface area contributed by atoms with Gasteiger partial charge >= 0.3 is 5.69 Å². The average Bonchev–Trinajstić information content (AvgIpc) is 3.44. The van der Waals surface area contributed by atoms with Crippen LogP contribution in [0.1, 0.15) is 25.4 Å². The van der Waals surface area contributed by atoms with Gasteiger partial charge in [-0.15, -0.1) is 0 Å². The van der Waals surface area contributed by atoms with Crippen LogP contribution in [0.15, 0.2) is 58.1 Å². The standard InChI is InChI=1S/C24H24ClF2N7O2S/c1-4-16(32-12-24(26,27)13-32)7-6-14(3)9-34-18(8-15-10-31-11-17(25)37-23(31)28-15)29-20-19(34)21(35)30-22(36)33(20)5-2/h4,6-7,10-11H,3,5,8-9,12-13H2,1-2H3,(H,30,35,36)/b7-6-,16-4+. The summed E-state index contributed by atoms with van der Waals surface area (Å²) in [5, 5.41) is 0. The first kappa shape index (κ1) is 25.2. The van der Waals surface area contributed by atoms with Crippen molar-refractivity contribution in [1.82, 2.24) is 33.4 Å². The molecule has 37 heavy (non-hydrogen) atoms. The fourth-order valence-corrected chi connectivity index (χ4v) is 5.44. The number of hydrogen-bond acceptors (Lipinski definition) is 6. The lowest BCUT2D eigenvalue weighted by molar-refractivity contribution is -0.114. The van der Waals surface area contributed by atoms with Crippen LogP contribution in [-0.2, 0) is 19.5 Å². The van der Waals surface area contributed by atoms with E-state index in [0.717, 1.165) is 10.7 Å². The lowest BCUT2D eigenvalue weighted by atomic mass is 10.1. The number of fused-ring (bicyclic) bond motifs is 2. The molecule has 0 spiro atoms. The van der Waals surface area contributed by atoms with Gasteiger partial charge in [0.2, 0.25) is 0 Å². The third-order valence-electron chi connectivity index (χ3n) is 6.15. The predicted molar refractivity (Wildman–Crippen MR) is 140 cm³/mol. The van der Waals surface area contributed by atoms with E-state index in [1.54, 1.807) is 47.7 Å². The molecule has 0 aliphatic carbocycles. The maximum Gasteiger partial charge on any atom is 0.330 e. The van der Waals surface area contributed by atoms with Crippen molar-refractivity contribution in [2.75, 3.05) is 13.1 Å². The van der Waals surface area contributed by atoms with Crippen LogP contribution in [0.25, 0.3) is 16.1 Å². The second-order valence-corrected chi connectivity index (χ2v) is 10.5. The molecule has 0 amide bonds. The van der Waals surface area contributed by atoms with Crippen LogP contribution < -0.4 is 11.2 Å². The Morgan fingerprint density at radius 1 is 1.24 bits per heavy atom. The molecule has 1 N–H and O–H groups in total. The summed E-state index contributed by atoms with van der Waals surface area (Å²) in [7, 11) is 0. The number of halogens is 3. The summed E-state index contributed by atoms with van der Waals surface area (Å²) in [6.07, 6.45) is 9.14. The minimum atomic E-state index is -2.67. The van der Waals surface area contributed by atoms with Crippen LogP contribution in [0, 0.1) is 0 Å². The Morgan fingerprint density at radius 2 is 2.00 bits per heavy atom. The van der Waals surface area contributed by atoms with E-state index in [1.807, 2.05) is 10.6 Å². The van der Waals surface area contributed by atoms with Crippen molar-refractivity contribution in [2.45, 2.75) is 39.3 Å². The van der Waals surface area contributed by atoms with Gasteiger partial charge < -0.3 is 9.47 Å². The van der Waals surface area contributed by atoms with Gasteiger partial charge in [-0.2, -0.15) is 0 Å². The third-order valence-corrected chi connectivity index (χ3v) is 7.27. The lowest BCUT2D eigenvalue weighted by Crippen LogP contribution is -2.55.